The van der Waals surface area contributed by atoms with E-state index >= 15 is 0 Å². The van der Waals surface area contributed by atoms with Gasteiger partial charge in [-0.05, 0) is 37.1 Å². The third-order valence-corrected chi connectivity index (χ3v) is 5.12. The smallest absolute Gasteiger partial charge is 0.239 e. The molecule has 2 unspecified atom stereocenters. The van der Waals surface area contributed by atoms with E-state index in [-0.39, 0.29) is 11.9 Å². The van der Waals surface area contributed by atoms with Crippen LogP contribution in [0.2, 0.25) is 0 Å². The van der Waals surface area contributed by atoms with E-state index in [1.165, 1.54) is 11.3 Å². The Bertz CT molecular complexity index is 536. The molecule has 1 amide bonds. The van der Waals surface area contributed by atoms with Crippen LogP contribution < -0.4 is 11.1 Å². The number of thiophene rings is 1. The van der Waals surface area contributed by atoms with Crippen LogP contribution in [0, 0.1) is 11.3 Å². The van der Waals surface area contributed by atoms with Crippen LogP contribution in [-0.2, 0) is 4.79 Å². The second-order valence-electron chi connectivity index (χ2n) is 5.61. The summed E-state index contributed by atoms with van der Waals surface area (Å²) in [5.41, 5.74) is 6.57. The van der Waals surface area contributed by atoms with E-state index in [4.69, 9.17) is 11.0 Å². The molecule has 3 heterocycles. The number of nitriles is 1. The van der Waals surface area contributed by atoms with E-state index in [1.807, 2.05) is 5.38 Å². The van der Waals surface area contributed by atoms with Crippen LogP contribution in [0.1, 0.15) is 31.2 Å². The normalized spacial score (nSPS) is 29.1. The van der Waals surface area contributed by atoms with Crippen molar-refractivity contribution < 1.29 is 4.79 Å². The van der Waals surface area contributed by atoms with Gasteiger partial charge in [-0.3, -0.25) is 9.69 Å². The maximum absolute atomic E-state index is 12.2. The molecule has 1 aromatic rings. The predicted molar refractivity (Wildman–Crippen MR) is 78.4 cm³/mol. The minimum atomic E-state index is -0.0312. The average Bonchev–Trinajstić information content (AvgIpc) is 2.93. The highest BCUT2D eigenvalue weighted by molar-refractivity contribution is 7.14. The summed E-state index contributed by atoms with van der Waals surface area (Å²) in [5.74, 6) is -0.0312. The first-order valence-electron chi connectivity index (χ1n) is 6.96. The minimum Gasteiger partial charge on any atom is -0.328 e. The molecule has 2 saturated heterocycles. The molecule has 2 aliphatic rings. The molecular formula is C14H18N4OS. The van der Waals surface area contributed by atoms with Crippen molar-refractivity contribution in [3.63, 3.8) is 0 Å². The second-order valence-corrected chi connectivity index (χ2v) is 6.53. The first kappa shape index (κ1) is 13.6. The van der Waals surface area contributed by atoms with E-state index in [0.29, 0.717) is 29.2 Å². The molecule has 2 atom stereocenters. The first-order chi connectivity index (χ1) is 9.67. The predicted octanol–water partition coefficient (Wildman–Crippen LogP) is 1.51. The highest BCUT2D eigenvalue weighted by atomic mass is 32.1. The van der Waals surface area contributed by atoms with Crippen molar-refractivity contribution in [3.8, 4) is 6.07 Å². The molecular weight excluding hydrogens is 272 g/mol. The van der Waals surface area contributed by atoms with Crippen LogP contribution in [0.15, 0.2) is 11.4 Å². The van der Waals surface area contributed by atoms with Gasteiger partial charge in [-0.15, -0.1) is 11.3 Å². The number of amides is 1. The SMILES string of the molecule is N#Cc1ccsc1NC(=O)CN1C2CCC1CC(N)C2. The van der Waals surface area contributed by atoms with E-state index in [0.717, 1.165) is 25.7 Å². The molecule has 6 heteroatoms. The number of piperidine rings is 1. The maximum Gasteiger partial charge on any atom is 0.239 e. The lowest BCUT2D eigenvalue weighted by molar-refractivity contribution is -0.118. The topological polar surface area (TPSA) is 82.2 Å². The summed E-state index contributed by atoms with van der Waals surface area (Å²) in [4.78, 5) is 14.5. The molecule has 0 spiro atoms. The lowest BCUT2D eigenvalue weighted by Crippen LogP contribution is -2.49. The Balaban J connectivity index is 1.61. The Morgan fingerprint density at radius 2 is 2.20 bits per heavy atom. The first-order valence-corrected chi connectivity index (χ1v) is 7.84. The van der Waals surface area contributed by atoms with E-state index in [2.05, 4.69) is 16.3 Å². The Labute approximate surface area is 122 Å². The fourth-order valence-electron chi connectivity index (χ4n) is 3.40. The van der Waals surface area contributed by atoms with Crippen molar-refractivity contribution in [2.24, 2.45) is 5.73 Å². The molecule has 2 fully saturated rings. The van der Waals surface area contributed by atoms with Gasteiger partial charge in [0.15, 0.2) is 0 Å². The summed E-state index contributed by atoms with van der Waals surface area (Å²) in [6.45, 7) is 0.408. The van der Waals surface area contributed by atoms with Crippen LogP contribution in [-0.4, -0.2) is 35.5 Å². The van der Waals surface area contributed by atoms with Gasteiger partial charge in [-0.2, -0.15) is 5.26 Å². The molecule has 0 radical (unpaired) electrons. The summed E-state index contributed by atoms with van der Waals surface area (Å²) in [5, 5.41) is 14.3. The molecule has 3 N–H and O–H groups in total. The number of rotatable bonds is 3. The zero-order valence-electron chi connectivity index (χ0n) is 11.2. The third-order valence-electron chi connectivity index (χ3n) is 4.29. The van der Waals surface area contributed by atoms with Gasteiger partial charge in [-0.1, -0.05) is 0 Å². The van der Waals surface area contributed by atoms with E-state index in [1.54, 1.807) is 6.07 Å². The van der Waals surface area contributed by atoms with Gasteiger partial charge in [0.05, 0.1) is 12.1 Å². The molecule has 1 aromatic heterocycles. The van der Waals surface area contributed by atoms with Gasteiger partial charge >= 0.3 is 0 Å². The molecule has 20 heavy (non-hydrogen) atoms. The zero-order chi connectivity index (χ0) is 14.1. The lowest BCUT2D eigenvalue weighted by atomic mass is 9.98. The summed E-state index contributed by atoms with van der Waals surface area (Å²) in [6.07, 6.45) is 4.28. The van der Waals surface area contributed by atoms with Crippen LogP contribution in [0.25, 0.3) is 0 Å². The number of hydrogen-bond acceptors (Lipinski definition) is 5. The van der Waals surface area contributed by atoms with Gasteiger partial charge in [0, 0.05) is 18.1 Å². The number of anilines is 1. The number of nitrogens with zero attached hydrogens (tertiary/aromatic N) is 2. The summed E-state index contributed by atoms with van der Waals surface area (Å²) < 4.78 is 0. The fourth-order valence-corrected chi connectivity index (χ4v) is 4.15. The molecule has 2 aliphatic heterocycles. The minimum absolute atomic E-state index is 0.0312. The fraction of sp³-hybridized carbons (Fsp3) is 0.571. The van der Waals surface area contributed by atoms with Crippen LogP contribution in [0.4, 0.5) is 5.00 Å². The van der Waals surface area contributed by atoms with Crippen molar-refractivity contribution in [1.29, 1.82) is 5.26 Å². The lowest BCUT2D eigenvalue weighted by Gasteiger charge is -2.37. The van der Waals surface area contributed by atoms with Gasteiger partial charge in [0.25, 0.3) is 0 Å². The standard InChI is InChI=1S/C14H18N4OS/c15-7-9-3-4-20-14(9)17-13(19)8-18-11-1-2-12(18)6-10(16)5-11/h3-4,10-12H,1-2,5-6,8,16H2,(H,17,19). The van der Waals surface area contributed by atoms with Crippen LogP contribution in [0.5, 0.6) is 0 Å². The monoisotopic (exact) mass is 290 g/mol. The summed E-state index contributed by atoms with van der Waals surface area (Å²) in [7, 11) is 0. The molecule has 0 aromatic carbocycles. The number of hydrogen-bond donors (Lipinski definition) is 2. The number of carbonyl (C=O) groups is 1. The Hall–Kier alpha value is -1.42. The molecule has 106 valence electrons. The largest absolute Gasteiger partial charge is 0.328 e. The summed E-state index contributed by atoms with van der Waals surface area (Å²) >= 11 is 1.39. The summed E-state index contributed by atoms with van der Waals surface area (Å²) in [6, 6.07) is 5.00. The Morgan fingerprint density at radius 3 is 2.85 bits per heavy atom. The number of fused-ring (bicyclic) bond motifs is 2. The van der Waals surface area contributed by atoms with Crippen molar-refractivity contribution in [2.75, 3.05) is 11.9 Å². The average molecular weight is 290 g/mol. The van der Waals surface area contributed by atoms with E-state index in [9.17, 15) is 4.79 Å². The highest BCUT2D eigenvalue weighted by Crippen LogP contribution is 2.34. The molecule has 2 bridgehead atoms. The van der Waals surface area contributed by atoms with Crippen molar-refractivity contribution in [1.82, 2.24) is 4.90 Å². The van der Waals surface area contributed by atoms with Gasteiger partial charge in [0.2, 0.25) is 5.91 Å². The van der Waals surface area contributed by atoms with Crippen LogP contribution in [0.3, 0.4) is 0 Å². The third kappa shape index (κ3) is 2.57. The molecule has 0 aliphatic carbocycles. The van der Waals surface area contributed by atoms with Crippen LogP contribution >= 0.6 is 11.3 Å². The Kier molecular flexibility index (Phi) is 3.74. The Morgan fingerprint density at radius 1 is 1.50 bits per heavy atom. The van der Waals surface area contributed by atoms with Gasteiger partial charge < -0.3 is 11.1 Å². The van der Waals surface area contributed by atoms with Gasteiger partial charge in [0.1, 0.15) is 11.1 Å². The van der Waals surface area contributed by atoms with E-state index < -0.39 is 0 Å². The molecule has 5 nitrogen and oxygen atoms in total. The highest BCUT2D eigenvalue weighted by Gasteiger charge is 2.40. The maximum atomic E-state index is 12.2. The van der Waals surface area contributed by atoms with Crippen molar-refractivity contribution in [3.05, 3.63) is 17.0 Å². The number of carbonyl (C=O) groups excluding carboxylic acids is 1. The quantitative estimate of drug-likeness (QED) is 0.884. The van der Waals surface area contributed by atoms with Crippen molar-refractivity contribution >= 4 is 22.2 Å². The molecule has 3 rings (SSSR count). The van der Waals surface area contributed by atoms with Gasteiger partial charge in [-0.25, -0.2) is 0 Å². The zero-order valence-corrected chi connectivity index (χ0v) is 12.0. The second kappa shape index (κ2) is 5.52. The molecule has 0 saturated carbocycles. The number of nitrogens with two attached hydrogens (primary N) is 1. The number of nitrogens with one attached hydrogen (secondary N) is 1. The van der Waals surface area contributed by atoms with Crippen molar-refractivity contribution in [2.45, 2.75) is 43.8 Å².